The molecule has 0 aliphatic rings. The zero-order valence-corrected chi connectivity index (χ0v) is 8.57. The number of nitrogens with zero attached hydrogens (tertiary/aromatic N) is 2. The quantitative estimate of drug-likeness (QED) is 0.536. The summed E-state index contributed by atoms with van der Waals surface area (Å²) in [6, 6.07) is 9.89. The van der Waals surface area contributed by atoms with Crippen LogP contribution in [-0.2, 0) is 0 Å². The van der Waals surface area contributed by atoms with Crippen LogP contribution in [-0.4, -0.2) is 9.97 Å². The fourth-order valence-corrected chi connectivity index (χ4v) is 1.85. The van der Waals surface area contributed by atoms with E-state index in [4.69, 9.17) is 11.6 Å². The molecule has 2 nitrogen and oxygen atoms in total. The Morgan fingerprint density at radius 2 is 1.87 bits per heavy atom. The van der Waals surface area contributed by atoms with E-state index in [-0.39, 0.29) is 0 Å². The Balaban J connectivity index is 2.55. The van der Waals surface area contributed by atoms with Crippen molar-refractivity contribution in [3.63, 3.8) is 0 Å². The van der Waals surface area contributed by atoms with E-state index in [0.717, 1.165) is 21.8 Å². The minimum absolute atomic E-state index is 0.616. The van der Waals surface area contributed by atoms with Crippen LogP contribution < -0.4 is 0 Å². The van der Waals surface area contributed by atoms with Crippen LogP contribution >= 0.6 is 11.6 Å². The average Bonchev–Trinajstić information content (AvgIpc) is 2.28. The van der Waals surface area contributed by atoms with Crippen molar-refractivity contribution in [3.8, 4) is 0 Å². The predicted octanol–water partition coefficient (Wildman–Crippen LogP) is 3.44. The zero-order chi connectivity index (χ0) is 10.3. The molecule has 0 fully saturated rings. The minimum atomic E-state index is 0.616. The first kappa shape index (κ1) is 8.62. The van der Waals surface area contributed by atoms with Gasteiger partial charge in [-0.15, -0.1) is 0 Å². The van der Waals surface area contributed by atoms with Gasteiger partial charge in [0.05, 0.1) is 16.1 Å². The van der Waals surface area contributed by atoms with Gasteiger partial charge in [0.2, 0.25) is 0 Å². The Kier molecular flexibility index (Phi) is 1.82. The van der Waals surface area contributed by atoms with Gasteiger partial charge < -0.3 is 0 Å². The van der Waals surface area contributed by atoms with E-state index in [0.29, 0.717) is 5.02 Å². The third-order valence-electron chi connectivity index (χ3n) is 2.39. The zero-order valence-electron chi connectivity index (χ0n) is 7.81. The number of halogens is 1. The van der Waals surface area contributed by atoms with Gasteiger partial charge in [0.25, 0.3) is 0 Å². The Bertz CT molecular complexity index is 649. The van der Waals surface area contributed by atoms with Crippen LogP contribution in [0, 0.1) is 0 Å². The van der Waals surface area contributed by atoms with Crippen molar-refractivity contribution in [1.29, 1.82) is 0 Å². The first-order chi connectivity index (χ1) is 7.34. The highest BCUT2D eigenvalue weighted by Crippen LogP contribution is 2.22. The van der Waals surface area contributed by atoms with Crippen LogP contribution in [0.2, 0.25) is 5.02 Å². The lowest BCUT2D eigenvalue weighted by Crippen LogP contribution is -1.84. The molecule has 0 radical (unpaired) electrons. The summed E-state index contributed by atoms with van der Waals surface area (Å²) in [6.45, 7) is 0. The van der Waals surface area contributed by atoms with Crippen LogP contribution in [0.25, 0.3) is 21.8 Å². The first-order valence-electron chi connectivity index (χ1n) is 4.63. The fourth-order valence-electron chi connectivity index (χ4n) is 1.70. The highest BCUT2D eigenvalue weighted by molar-refractivity contribution is 6.31. The molecule has 0 atom stereocenters. The molecule has 3 aromatic rings. The molecule has 0 saturated heterocycles. The van der Waals surface area contributed by atoms with Crippen molar-refractivity contribution >= 4 is 33.4 Å². The molecule has 15 heavy (non-hydrogen) atoms. The van der Waals surface area contributed by atoms with Gasteiger partial charge in [-0.05, 0) is 6.07 Å². The number of rotatable bonds is 0. The summed E-state index contributed by atoms with van der Waals surface area (Å²) in [6.07, 6.45) is 3.49. The Labute approximate surface area is 91.5 Å². The summed E-state index contributed by atoms with van der Waals surface area (Å²) < 4.78 is 0. The van der Waals surface area contributed by atoms with E-state index in [1.807, 2.05) is 36.5 Å². The molecule has 1 aromatic carbocycles. The maximum atomic E-state index is 5.87. The Morgan fingerprint density at radius 3 is 2.80 bits per heavy atom. The number of hydrogen-bond donors (Lipinski definition) is 0. The van der Waals surface area contributed by atoms with Gasteiger partial charge >= 0.3 is 0 Å². The molecule has 2 aromatic heterocycles. The molecule has 0 amide bonds. The van der Waals surface area contributed by atoms with E-state index in [9.17, 15) is 0 Å². The van der Waals surface area contributed by atoms with Gasteiger partial charge in [0.15, 0.2) is 0 Å². The summed E-state index contributed by atoms with van der Waals surface area (Å²) in [5, 5.41) is 2.82. The molecule has 0 bridgehead atoms. The normalized spacial score (nSPS) is 11.0. The van der Waals surface area contributed by atoms with E-state index in [1.54, 1.807) is 6.20 Å². The minimum Gasteiger partial charge on any atom is -0.254 e. The predicted molar refractivity (Wildman–Crippen MR) is 62.1 cm³/mol. The lowest BCUT2D eigenvalue weighted by Gasteiger charge is -2.01. The number of aromatic nitrogens is 2. The summed E-state index contributed by atoms with van der Waals surface area (Å²) in [7, 11) is 0. The number of fused-ring (bicyclic) bond motifs is 3. The molecular formula is C12H7ClN2. The summed E-state index contributed by atoms with van der Waals surface area (Å²) in [5.41, 5.74) is 1.73. The molecule has 72 valence electrons. The third kappa shape index (κ3) is 1.34. The largest absolute Gasteiger partial charge is 0.254 e. The van der Waals surface area contributed by atoms with Gasteiger partial charge in [-0.25, -0.2) is 0 Å². The van der Waals surface area contributed by atoms with E-state index >= 15 is 0 Å². The SMILES string of the molecule is Clc1cnc2c(c1)ncc1ccccc12. The van der Waals surface area contributed by atoms with Crippen molar-refractivity contribution in [1.82, 2.24) is 9.97 Å². The van der Waals surface area contributed by atoms with Gasteiger partial charge in [-0.1, -0.05) is 35.9 Å². The lowest BCUT2D eigenvalue weighted by atomic mass is 10.1. The van der Waals surface area contributed by atoms with Crippen molar-refractivity contribution in [3.05, 3.63) is 47.7 Å². The molecule has 3 rings (SSSR count). The molecule has 0 aliphatic heterocycles. The summed E-state index contributed by atoms with van der Waals surface area (Å²) >= 11 is 5.87. The molecular weight excluding hydrogens is 208 g/mol. The average molecular weight is 215 g/mol. The van der Waals surface area contributed by atoms with Crippen molar-refractivity contribution in [2.24, 2.45) is 0 Å². The molecule has 0 spiro atoms. The van der Waals surface area contributed by atoms with E-state index < -0.39 is 0 Å². The molecule has 0 N–H and O–H groups in total. The maximum Gasteiger partial charge on any atom is 0.0966 e. The second kappa shape index (κ2) is 3.17. The second-order valence-electron chi connectivity index (χ2n) is 3.37. The molecule has 0 saturated carbocycles. The lowest BCUT2D eigenvalue weighted by molar-refractivity contribution is 1.36. The standard InChI is InChI=1S/C12H7ClN2/c13-9-5-11-12(15-7-9)10-4-2-1-3-8(10)6-14-11/h1-7H. The van der Waals surface area contributed by atoms with Crippen LogP contribution in [0.3, 0.4) is 0 Å². The fraction of sp³-hybridized carbons (Fsp3) is 0. The number of hydrogen-bond acceptors (Lipinski definition) is 2. The highest BCUT2D eigenvalue weighted by Gasteiger charge is 2.02. The summed E-state index contributed by atoms with van der Waals surface area (Å²) in [4.78, 5) is 8.64. The van der Waals surface area contributed by atoms with E-state index in [1.165, 1.54) is 0 Å². The van der Waals surface area contributed by atoms with Crippen molar-refractivity contribution in [2.75, 3.05) is 0 Å². The Morgan fingerprint density at radius 1 is 1.00 bits per heavy atom. The van der Waals surface area contributed by atoms with E-state index in [2.05, 4.69) is 9.97 Å². The van der Waals surface area contributed by atoms with Crippen LogP contribution in [0.5, 0.6) is 0 Å². The molecule has 0 unspecified atom stereocenters. The summed E-state index contributed by atoms with van der Waals surface area (Å²) in [5.74, 6) is 0. The van der Waals surface area contributed by atoms with Crippen LogP contribution in [0.1, 0.15) is 0 Å². The van der Waals surface area contributed by atoms with Gasteiger partial charge in [-0.2, -0.15) is 0 Å². The molecule has 3 heteroatoms. The smallest absolute Gasteiger partial charge is 0.0966 e. The maximum absolute atomic E-state index is 5.87. The second-order valence-corrected chi connectivity index (χ2v) is 3.80. The topological polar surface area (TPSA) is 25.8 Å². The first-order valence-corrected chi connectivity index (χ1v) is 5.01. The number of benzene rings is 1. The third-order valence-corrected chi connectivity index (χ3v) is 2.60. The Hall–Kier alpha value is -1.67. The van der Waals surface area contributed by atoms with Gasteiger partial charge in [0, 0.05) is 23.2 Å². The van der Waals surface area contributed by atoms with Gasteiger partial charge in [0.1, 0.15) is 0 Å². The number of pyridine rings is 2. The van der Waals surface area contributed by atoms with Gasteiger partial charge in [-0.3, -0.25) is 9.97 Å². The van der Waals surface area contributed by atoms with Crippen LogP contribution in [0.4, 0.5) is 0 Å². The highest BCUT2D eigenvalue weighted by atomic mass is 35.5. The molecule has 0 aliphatic carbocycles. The van der Waals surface area contributed by atoms with Crippen molar-refractivity contribution in [2.45, 2.75) is 0 Å². The van der Waals surface area contributed by atoms with Crippen molar-refractivity contribution < 1.29 is 0 Å². The molecule has 2 heterocycles. The monoisotopic (exact) mass is 214 g/mol. The van der Waals surface area contributed by atoms with Crippen LogP contribution in [0.15, 0.2) is 42.7 Å².